The van der Waals surface area contributed by atoms with Crippen molar-refractivity contribution in [2.45, 2.75) is 27.3 Å². The Balaban J connectivity index is 1.60. The Morgan fingerprint density at radius 2 is 1.70 bits per heavy atom. The molecule has 0 fully saturated rings. The molecule has 2 heterocycles. The number of hydrogen-bond acceptors (Lipinski definition) is 5. The fraction of sp³-hybridized carbons (Fsp3) is 0.185. The van der Waals surface area contributed by atoms with E-state index in [2.05, 4.69) is 59.9 Å². The van der Waals surface area contributed by atoms with Crippen LogP contribution in [0.3, 0.4) is 0 Å². The van der Waals surface area contributed by atoms with Crippen LogP contribution in [0, 0.1) is 20.8 Å². The fourth-order valence-electron chi connectivity index (χ4n) is 4.11. The van der Waals surface area contributed by atoms with Crippen molar-refractivity contribution in [1.29, 1.82) is 0 Å². The quantitative estimate of drug-likeness (QED) is 0.331. The monoisotopic (exact) mass is 438 g/mol. The maximum Gasteiger partial charge on any atom is 0.160 e. The standard InChI is InChI=1S/C27H26N4O2/c1-17-5-7-20(8-6-17)16-31-25-15-21(26-18(2)30-33-19(26)3)9-14-24(25)27(29-31)28-22-10-12-23(32-4)13-11-22/h5-15H,16H2,1-4H3,(H,28,29). The molecule has 6 nitrogen and oxygen atoms in total. The minimum atomic E-state index is 0.673. The first-order valence-corrected chi connectivity index (χ1v) is 10.9. The molecule has 33 heavy (non-hydrogen) atoms. The molecule has 5 rings (SSSR count). The Morgan fingerprint density at radius 3 is 2.36 bits per heavy atom. The van der Waals surface area contributed by atoms with Gasteiger partial charge in [0.25, 0.3) is 0 Å². The molecule has 0 aliphatic heterocycles. The topological polar surface area (TPSA) is 65.1 Å². The van der Waals surface area contributed by atoms with Crippen molar-refractivity contribution < 1.29 is 9.26 Å². The Morgan fingerprint density at radius 1 is 0.939 bits per heavy atom. The predicted molar refractivity (Wildman–Crippen MR) is 131 cm³/mol. The van der Waals surface area contributed by atoms with Crippen molar-refractivity contribution >= 4 is 22.4 Å². The molecular weight excluding hydrogens is 412 g/mol. The number of fused-ring (bicyclic) bond motifs is 1. The van der Waals surface area contributed by atoms with E-state index in [1.54, 1.807) is 7.11 Å². The van der Waals surface area contributed by atoms with Gasteiger partial charge in [-0.1, -0.05) is 41.1 Å². The zero-order chi connectivity index (χ0) is 22.9. The van der Waals surface area contributed by atoms with Gasteiger partial charge in [0.1, 0.15) is 11.5 Å². The van der Waals surface area contributed by atoms with Crippen molar-refractivity contribution in [2.75, 3.05) is 12.4 Å². The maximum atomic E-state index is 5.41. The summed E-state index contributed by atoms with van der Waals surface area (Å²) in [4.78, 5) is 0. The minimum absolute atomic E-state index is 0.673. The Labute approximate surface area is 192 Å². The largest absolute Gasteiger partial charge is 0.497 e. The van der Waals surface area contributed by atoms with Crippen LogP contribution in [-0.4, -0.2) is 22.0 Å². The van der Waals surface area contributed by atoms with Gasteiger partial charge >= 0.3 is 0 Å². The van der Waals surface area contributed by atoms with Crippen LogP contribution in [0.1, 0.15) is 22.6 Å². The van der Waals surface area contributed by atoms with E-state index in [0.29, 0.717) is 6.54 Å². The van der Waals surface area contributed by atoms with Crippen LogP contribution in [0.2, 0.25) is 0 Å². The molecule has 0 spiro atoms. The smallest absolute Gasteiger partial charge is 0.160 e. The van der Waals surface area contributed by atoms with Crippen LogP contribution in [0.4, 0.5) is 11.5 Å². The number of anilines is 2. The van der Waals surface area contributed by atoms with Crippen molar-refractivity contribution in [3.63, 3.8) is 0 Å². The van der Waals surface area contributed by atoms with Crippen molar-refractivity contribution in [3.8, 4) is 16.9 Å². The van der Waals surface area contributed by atoms with Gasteiger partial charge < -0.3 is 14.6 Å². The Hall–Kier alpha value is -4.06. The van der Waals surface area contributed by atoms with Crippen LogP contribution < -0.4 is 10.1 Å². The Kier molecular flexibility index (Phi) is 5.34. The highest BCUT2D eigenvalue weighted by molar-refractivity contribution is 5.95. The third-order valence-electron chi connectivity index (χ3n) is 5.88. The highest BCUT2D eigenvalue weighted by Crippen LogP contribution is 2.33. The van der Waals surface area contributed by atoms with Gasteiger partial charge in [0.2, 0.25) is 0 Å². The summed E-state index contributed by atoms with van der Waals surface area (Å²) in [5.41, 5.74) is 7.42. The summed E-state index contributed by atoms with van der Waals surface area (Å²) in [5, 5.41) is 13.6. The van der Waals surface area contributed by atoms with Crippen molar-refractivity contribution in [1.82, 2.24) is 14.9 Å². The molecule has 1 N–H and O–H groups in total. The second-order valence-corrected chi connectivity index (χ2v) is 8.28. The number of aromatic nitrogens is 3. The number of hydrogen-bond donors (Lipinski definition) is 1. The molecule has 5 aromatic rings. The molecule has 3 aromatic carbocycles. The molecule has 166 valence electrons. The highest BCUT2D eigenvalue weighted by atomic mass is 16.5. The lowest BCUT2D eigenvalue weighted by molar-refractivity contribution is 0.393. The van der Waals surface area contributed by atoms with Gasteiger partial charge in [-0.25, -0.2) is 0 Å². The summed E-state index contributed by atoms with van der Waals surface area (Å²) in [6.45, 7) is 6.68. The van der Waals surface area contributed by atoms with Crippen LogP contribution >= 0.6 is 0 Å². The van der Waals surface area contributed by atoms with E-state index in [1.165, 1.54) is 11.1 Å². The zero-order valence-corrected chi connectivity index (χ0v) is 19.2. The first-order valence-electron chi connectivity index (χ1n) is 10.9. The molecule has 0 amide bonds. The van der Waals surface area contributed by atoms with E-state index >= 15 is 0 Å². The highest BCUT2D eigenvalue weighted by Gasteiger charge is 2.16. The first-order chi connectivity index (χ1) is 16.0. The second kappa shape index (κ2) is 8.47. The number of ether oxygens (including phenoxy) is 1. The van der Waals surface area contributed by atoms with Gasteiger partial charge in [-0.05, 0) is 68.3 Å². The molecule has 0 bridgehead atoms. The average molecular weight is 439 g/mol. The molecule has 0 unspecified atom stereocenters. The number of rotatable bonds is 6. The van der Waals surface area contributed by atoms with Gasteiger partial charge in [0.15, 0.2) is 5.82 Å². The van der Waals surface area contributed by atoms with Crippen LogP contribution in [-0.2, 0) is 6.54 Å². The number of aryl methyl sites for hydroxylation is 3. The van der Waals surface area contributed by atoms with E-state index < -0.39 is 0 Å². The summed E-state index contributed by atoms with van der Waals surface area (Å²) < 4.78 is 12.7. The molecular formula is C27H26N4O2. The van der Waals surface area contributed by atoms with E-state index in [4.69, 9.17) is 14.4 Å². The summed E-state index contributed by atoms with van der Waals surface area (Å²) >= 11 is 0. The number of methoxy groups -OCH3 is 1. The average Bonchev–Trinajstić information content (AvgIpc) is 3.34. The normalized spacial score (nSPS) is 11.2. The predicted octanol–water partition coefficient (Wildman–Crippen LogP) is 6.42. The van der Waals surface area contributed by atoms with Gasteiger partial charge in [-0.15, -0.1) is 0 Å². The maximum absolute atomic E-state index is 5.41. The molecule has 0 saturated carbocycles. The van der Waals surface area contributed by atoms with Crippen LogP contribution in [0.15, 0.2) is 71.3 Å². The molecule has 0 aliphatic carbocycles. The zero-order valence-electron chi connectivity index (χ0n) is 19.2. The molecule has 0 radical (unpaired) electrons. The molecule has 0 atom stereocenters. The van der Waals surface area contributed by atoms with Gasteiger partial charge in [0, 0.05) is 16.6 Å². The van der Waals surface area contributed by atoms with E-state index in [9.17, 15) is 0 Å². The van der Waals surface area contributed by atoms with Crippen molar-refractivity contribution in [3.05, 3.63) is 89.3 Å². The fourth-order valence-corrected chi connectivity index (χ4v) is 4.11. The number of benzene rings is 3. The molecule has 0 aliphatic rings. The van der Waals surface area contributed by atoms with Gasteiger partial charge in [0.05, 0.1) is 24.9 Å². The van der Waals surface area contributed by atoms with E-state index in [0.717, 1.165) is 50.7 Å². The SMILES string of the molecule is COc1ccc(Nc2nn(Cc3ccc(C)cc3)c3cc(-c4c(C)noc4C)ccc23)cc1. The summed E-state index contributed by atoms with van der Waals surface area (Å²) in [6.07, 6.45) is 0. The molecule has 6 heteroatoms. The van der Waals surface area contributed by atoms with E-state index in [1.807, 2.05) is 42.8 Å². The van der Waals surface area contributed by atoms with Crippen molar-refractivity contribution in [2.24, 2.45) is 0 Å². The third kappa shape index (κ3) is 4.07. The van der Waals surface area contributed by atoms with E-state index in [-0.39, 0.29) is 0 Å². The molecule has 0 saturated heterocycles. The first kappa shape index (κ1) is 20.8. The van der Waals surface area contributed by atoms with Gasteiger partial charge in [-0.2, -0.15) is 5.10 Å². The van der Waals surface area contributed by atoms with Crippen LogP contribution in [0.25, 0.3) is 22.0 Å². The van der Waals surface area contributed by atoms with Crippen LogP contribution in [0.5, 0.6) is 5.75 Å². The lowest BCUT2D eigenvalue weighted by Gasteiger charge is -2.06. The Bertz CT molecular complexity index is 1390. The second-order valence-electron chi connectivity index (χ2n) is 8.28. The lowest BCUT2D eigenvalue weighted by atomic mass is 10.0. The molecule has 2 aromatic heterocycles. The third-order valence-corrected chi connectivity index (χ3v) is 5.88. The summed E-state index contributed by atoms with van der Waals surface area (Å²) in [7, 11) is 1.67. The minimum Gasteiger partial charge on any atom is -0.497 e. The number of nitrogens with zero attached hydrogens (tertiary/aromatic N) is 3. The number of nitrogens with one attached hydrogen (secondary N) is 1. The summed E-state index contributed by atoms with van der Waals surface area (Å²) in [6, 6.07) is 22.8. The van der Waals surface area contributed by atoms with Gasteiger partial charge in [-0.3, -0.25) is 4.68 Å². The lowest BCUT2D eigenvalue weighted by Crippen LogP contribution is -2.02. The summed E-state index contributed by atoms with van der Waals surface area (Å²) in [5.74, 6) is 2.44.